The van der Waals surface area contributed by atoms with Crippen LogP contribution >= 0.6 is 23.2 Å². The summed E-state index contributed by atoms with van der Waals surface area (Å²) in [5.41, 5.74) is 4.62. The number of nitrogens with zero attached hydrogens (tertiary/aromatic N) is 2. The zero-order chi connectivity index (χ0) is 21.3. The van der Waals surface area contributed by atoms with Gasteiger partial charge in [-0.1, -0.05) is 83.9 Å². The summed E-state index contributed by atoms with van der Waals surface area (Å²) in [4.78, 5) is 12.8. The molecule has 4 rings (SSSR count). The summed E-state index contributed by atoms with van der Waals surface area (Å²) >= 11 is 12.1. The number of carbonyl (C=O) groups is 1. The highest BCUT2D eigenvalue weighted by molar-refractivity contribution is 6.42. The highest BCUT2D eigenvalue weighted by Gasteiger charge is 2.13. The molecule has 30 heavy (non-hydrogen) atoms. The van der Waals surface area contributed by atoms with Crippen LogP contribution in [0.4, 0.5) is 0 Å². The van der Waals surface area contributed by atoms with Crippen LogP contribution in [0, 0.1) is 5.41 Å². The third-order valence-electron chi connectivity index (χ3n) is 5.07. The zero-order valence-electron chi connectivity index (χ0n) is 16.3. The molecule has 0 saturated heterocycles. The van der Waals surface area contributed by atoms with Gasteiger partial charge in [-0.2, -0.15) is 0 Å². The SMILES string of the molecule is Cn1c(-c2ccc(Cl)c(Cl)c2)cn(CC(=O)c2ccc(-c3ccccc3)cc2)c1=N. The molecule has 0 aliphatic carbocycles. The molecule has 3 aromatic carbocycles. The number of aromatic nitrogens is 2. The molecule has 4 nitrogen and oxygen atoms in total. The normalized spacial score (nSPS) is 10.9. The van der Waals surface area contributed by atoms with Crippen LogP contribution in [-0.2, 0) is 13.6 Å². The number of benzene rings is 3. The van der Waals surface area contributed by atoms with Crippen LogP contribution in [0.5, 0.6) is 0 Å². The van der Waals surface area contributed by atoms with Gasteiger partial charge < -0.3 is 9.13 Å². The first kappa shape index (κ1) is 20.2. The molecule has 6 heteroatoms. The van der Waals surface area contributed by atoms with Gasteiger partial charge >= 0.3 is 0 Å². The molecule has 0 radical (unpaired) electrons. The Balaban J connectivity index is 1.58. The molecular formula is C24H19Cl2N3O. The van der Waals surface area contributed by atoms with Crippen molar-refractivity contribution in [3.63, 3.8) is 0 Å². The van der Waals surface area contributed by atoms with Crippen molar-refractivity contribution in [1.29, 1.82) is 5.41 Å². The van der Waals surface area contributed by atoms with E-state index in [1.54, 1.807) is 34.5 Å². The number of hydrogen-bond acceptors (Lipinski definition) is 2. The molecule has 0 fully saturated rings. The second-order valence-corrected chi connectivity index (χ2v) is 7.83. The fraction of sp³-hybridized carbons (Fsp3) is 0.0833. The largest absolute Gasteiger partial charge is 0.314 e. The standard InChI is InChI=1S/C24H19Cl2N3O/c1-28-22(19-11-12-20(25)21(26)13-19)14-29(24(28)27)15-23(30)18-9-7-17(8-10-18)16-5-3-2-4-6-16/h2-14,27H,15H2,1H3. The maximum Gasteiger partial charge on any atom is 0.202 e. The predicted molar refractivity (Wildman–Crippen MR) is 121 cm³/mol. The van der Waals surface area contributed by atoms with Gasteiger partial charge in [0.1, 0.15) is 0 Å². The van der Waals surface area contributed by atoms with Crippen LogP contribution < -0.4 is 5.62 Å². The van der Waals surface area contributed by atoms with Gasteiger partial charge in [0.15, 0.2) is 5.78 Å². The first-order chi connectivity index (χ1) is 14.4. The number of imidazole rings is 1. The van der Waals surface area contributed by atoms with Gasteiger partial charge in [0.2, 0.25) is 5.62 Å². The van der Waals surface area contributed by atoms with E-state index < -0.39 is 0 Å². The Morgan fingerprint density at radius 3 is 2.17 bits per heavy atom. The lowest BCUT2D eigenvalue weighted by molar-refractivity contribution is 0.0970. The molecule has 1 N–H and O–H groups in total. The molecular weight excluding hydrogens is 417 g/mol. The maximum absolute atomic E-state index is 12.8. The highest BCUT2D eigenvalue weighted by atomic mass is 35.5. The van der Waals surface area contributed by atoms with E-state index in [9.17, 15) is 4.79 Å². The van der Waals surface area contributed by atoms with Gasteiger partial charge in [-0.05, 0) is 23.3 Å². The summed E-state index contributed by atoms with van der Waals surface area (Å²) in [5.74, 6) is -0.0561. The number of hydrogen-bond donors (Lipinski definition) is 1. The minimum Gasteiger partial charge on any atom is -0.314 e. The minimum atomic E-state index is -0.0561. The molecule has 0 saturated carbocycles. The Kier molecular flexibility index (Phi) is 5.62. The van der Waals surface area contributed by atoms with Crippen LogP contribution in [-0.4, -0.2) is 14.9 Å². The Labute approximate surface area is 184 Å². The third kappa shape index (κ3) is 3.97. The fourth-order valence-electron chi connectivity index (χ4n) is 3.37. The van der Waals surface area contributed by atoms with Gasteiger partial charge in [0.25, 0.3) is 0 Å². The zero-order valence-corrected chi connectivity index (χ0v) is 17.8. The van der Waals surface area contributed by atoms with Gasteiger partial charge in [-0.25, -0.2) is 0 Å². The van der Waals surface area contributed by atoms with Gasteiger partial charge in [0.05, 0.1) is 22.3 Å². The van der Waals surface area contributed by atoms with Crippen molar-refractivity contribution < 1.29 is 4.79 Å². The van der Waals surface area contributed by atoms with Crippen LogP contribution in [0.2, 0.25) is 10.0 Å². The molecule has 0 unspecified atom stereocenters. The van der Waals surface area contributed by atoms with E-state index in [1.807, 2.05) is 60.7 Å². The molecule has 1 aromatic heterocycles. The fourth-order valence-corrected chi connectivity index (χ4v) is 3.67. The lowest BCUT2D eigenvalue weighted by Gasteiger charge is -2.05. The van der Waals surface area contributed by atoms with E-state index in [0.717, 1.165) is 22.4 Å². The van der Waals surface area contributed by atoms with Crippen molar-refractivity contribution in [3.8, 4) is 22.4 Å². The molecule has 0 aliphatic heterocycles. The van der Waals surface area contributed by atoms with Crippen molar-refractivity contribution in [2.24, 2.45) is 7.05 Å². The van der Waals surface area contributed by atoms with Crippen molar-refractivity contribution in [1.82, 2.24) is 9.13 Å². The first-order valence-corrected chi connectivity index (χ1v) is 10.1. The van der Waals surface area contributed by atoms with E-state index in [4.69, 9.17) is 28.6 Å². The summed E-state index contributed by atoms with van der Waals surface area (Å²) < 4.78 is 3.34. The third-order valence-corrected chi connectivity index (χ3v) is 5.81. The Hall–Kier alpha value is -3.08. The number of nitrogens with one attached hydrogen (secondary N) is 1. The predicted octanol–water partition coefficient (Wildman–Crippen LogP) is 5.83. The molecule has 4 aromatic rings. The van der Waals surface area contributed by atoms with Crippen LogP contribution in [0.1, 0.15) is 10.4 Å². The van der Waals surface area contributed by atoms with Crippen molar-refractivity contribution in [3.05, 3.63) is 100 Å². The second kappa shape index (κ2) is 8.34. The molecule has 0 atom stereocenters. The van der Waals surface area contributed by atoms with Crippen LogP contribution in [0.3, 0.4) is 0 Å². The lowest BCUT2D eigenvalue weighted by atomic mass is 10.0. The summed E-state index contributed by atoms with van der Waals surface area (Å²) in [6, 6.07) is 22.9. The molecule has 0 amide bonds. The van der Waals surface area contributed by atoms with Crippen LogP contribution in [0.15, 0.2) is 79.0 Å². The number of rotatable bonds is 5. The van der Waals surface area contributed by atoms with E-state index >= 15 is 0 Å². The number of carbonyl (C=O) groups excluding carboxylic acids is 1. The molecule has 1 heterocycles. The van der Waals surface area contributed by atoms with E-state index in [1.165, 1.54) is 0 Å². The second-order valence-electron chi connectivity index (χ2n) is 7.02. The number of halogens is 2. The van der Waals surface area contributed by atoms with Crippen molar-refractivity contribution in [2.75, 3.05) is 0 Å². The van der Waals surface area contributed by atoms with E-state index in [2.05, 4.69) is 0 Å². The van der Waals surface area contributed by atoms with E-state index in [0.29, 0.717) is 15.6 Å². The van der Waals surface area contributed by atoms with E-state index in [-0.39, 0.29) is 17.9 Å². The van der Waals surface area contributed by atoms with Gasteiger partial charge in [-0.15, -0.1) is 0 Å². The number of Topliss-reactive ketones (excluding diaryl/α,β-unsaturated/α-hetero) is 1. The van der Waals surface area contributed by atoms with Crippen molar-refractivity contribution in [2.45, 2.75) is 6.54 Å². The quantitative estimate of drug-likeness (QED) is 0.393. The topological polar surface area (TPSA) is 50.8 Å². The first-order valence-electron chi connectivity index (χ1n) is 9.39. The van der Waals surface area contributed by atoms with Gasteiger partial charge in [0, 0.05) is 24.4 Å². The molecule has 150 valence electrons. The monoisotopic (exact) mass is 435 g/mol. The smallest absolute Gasteiger partial charge is 0.202 e. The molecule has 0 spiro atoms. The summed E-state index contributed by atoms with van der Waals surface area (Å²) in [5, 5.41) is 9.30. The lowest BCUT2D eigenvalue weighted by Crippen LogP contribution is -2.25. The minimum absolute atomic E-state index is 0.0561. The summed E-state index contributed by atoms with van der Waals surface area (Å²) in [6.45, 7) is 0.0820. The maximum atomic E-state index is 12.8. The van der Waals surface area contributed by atoms with Crippen LogP contribution in [0.25, 0.3) is 22.4 Å². The average Bonchev–Trinajstić information content (AvgIpc) is 3.05. The molecule has 0 bridgehead atoms. The van der Waals surface area contributed by atoms with Gasteiger partial charge in [-0.3, -0.25) is 10.2 Å². The molecule has 0 aliphatic rings. The Bertz CT molecular complexity index is 1270. The Morgan fingerprint density at radius 1 is 0.867 bits per heavy atom. The highest BCUT2D eigenvalue weighted by Crippen LogP contribution is 2.28. The van der Waals surface area contributed by atoms with Crippen molar-refractivity contribution >= 4 is 29.0 Å². The Morgan fingerprint density at radius 2 is 1.50 bits per heavy atom. The number of ketones is 1. The summed E-state index contributed by atoms with van der Waals surface area (Å²) in [6.07, 6.45) is 1.79. The summed E-state index contributed by atoms with van der Waals surface area (Å²) in [7, 11) is 1.79. The average molecular weight is 436 g/mol.